The summed E-state index contributed by atoms with van der Waals surface area (Å²) in [4.78, 5) is 14.5. The number of imidazole rings is 1. The number of rotatable bonds is 0. The van der Waals surface area contributed by atoms with E-state index in [4.69, 9.17) is 0 Å². The second-order valence-corrected chi connectivity index (χ2v) is 3.85. The van der Waals surface area contributed by atoms with E-state index in [9.17, 15) is 4.79 Å². The number of nitrogens with one attached hydrogen (secondary N) is 1. The predicted molar refractivity (Wildman–Crippen MR) is 55.5 cm³/mol. The van der Waals surface area contributed by atoms with Crippen LogP contribution in [0.25, 0.3) is 11.0 Å². The highest BCUT2D eigenvalue weighted by atomic mass is 16.1. The Hall–Kier alpha value is -1.51. The van der Waals surface area contributed by atoms with E-state index in [-0.39, 0.29) is 5.69 Å². The molecule has 2 heterocycles. The van der Waals surface area contributed by atoms with E-state index >= 15 is 0 Å². The summed E-state index contributed by atoms with van der Waals surface area (Å²) in [6.45, 7) is 0.857. The smallest absolute Gasteiger partial charge is 0.306 e. The van der Waals surface area contributed by atoms with E-state index in [1.807, 2.05) is 16.7 Å². The maximum Gasteiger partial charge on any atom is 0.326 e. The Labute approximate surface area is 81.4 Å². The summed E-state index contributed by atoms with van der Waals surface area (Å²) in [6.07, 6.45) is 3.37. The third kappa shape index (κ3) is 0.953. The lowest BCUT2D eigenvalue weighted by molar-refractivity contribution is 0.626. The van der Waals surface area contributed by atoms with Gasteiger partial charge in [-0.2, -0.15) is 0 Å². The average molecular weight is 188 g/mol. The highest BCUT2D eigenvalue weighted by Crippen LogP contribution is 2.21. The summed E-state index contributed by atoms with van der Waals surface area (Å²) in [7, 11) is 0. The Morgan fingerprint density at radius 3 is 3.14 bits per heavy atom. The molecule has 1 aromatic heterocycles. The van der Waals surface area contributed by atoms with Crippen molar-refractivity contribution < 1.29 is 0 Å². The van der Waals surface area contributed by atoms with Gasteiger partial charge in [-0.15, -0.1) is 0 Å². The number of hydrogen-bond donors (Lipinski definition) is 1. The average Bonchev–Trinajstić information content (AvgIpc) is 2.39. The van der Waals surface area contributed by atoms with Gasteiger partial charge in [-0.05, 0) is 30.9 Å². The lowest BCUT2D eigenvalue weighted by Gasteiger charge is -2.00. The van der Waals surface area contributed by atoms with E-state index in [1.165, 1.54) is 12.0 Å². The van der Waals surface area contributed by atoms with Gasteiger partial charge in [-0.1, -0.05) is 12.1 Å². The molecule has 0 saturated carbocycles. The summed E-state index contributed by atoms with van der Waals surface area (Å²) in [5, 5.41) is 0. The molecule has 1 aromatic carbocycles. The molecular weight excluding hydrogens is 176 g/mol. The fourth-order valence-corrected chi connectivity index (χ4v) is 2.30. The summed E-state index contributed by atoms with van der Waals surface area (Å²) in [5.74, 6) is 0. The van der Waals surface area contributed by atoms with Crippen molar-refractivity contribution in [1.82, 2.24) is 9.55 Å². The van der Waals surface area contributed by atoms with Crippen LogP contribution in [0.5, 0.6) is 0 Å². The zero-order chi connectivity index (χ0) is 9.54. The Balaban J connectivity index is 2.48. The van der Waals surface area contributed by atoms with E-state index in [2.05, 4.69) is 11.1 Å². The molecule has 0 amide bonds. The number of hydrogen-bond acceptors (Lipinski definition) is 1. The summed E-state index contributed by atoms with van der Waals surface area (Å²) < 4.78 is 1.87. The van der Waals surface area contributed by atoms with Crippen LogP contribution in [0.3, 0.4) is 0 Å². The van der Waals surface area contributed by atoms with Crippen molar-refractivity contribution in [3.05, 3.63) is 34.2 Å². The van der Waals surface area contributed by atoms with E-state index < -0.39 is 0 Å². The van der Waals surface area contributed by atoms with Gasteiger partial charge in [0, 0.05) is 6.54 Å². The molecule has 1 aliphatic heterocycles. The van der Waals surface area contributed by atoms with Crippen molar-refractivity contribution in [1.29, 1.82) is 0 Å². The summed E-state index contributed by atoms with van der Waals surface area (Å²) in [6, 6.07) is 6.11. The first-order valence-corrected chi connectivity index (χ1v) is 5.07. The van der Waals surface area contributed by atoms with Crippen LogP contribution in [0.15, 0.2) is 23.0 Å². The molecule has 0 unspecified atom stereocenters. The van der Waals surface area contributed by atoms with E-state index in [0.29, 0.717) is 0 Å². The van der Waals surface area contributed by atoms with Crippen LogP contribution in [0.1, 0.15) is 18.4 Å². The number of benzene rings is 1. The predicted octanol–water partition coefficient (Wildman–Crippen LogP) is 1.67. The number of aryl methyl sites for hydroxylation is 2. The third-order valence-corrected chi connectivity index (χ3v) is 2.95. The SMILES string of the molecule is O=c1[nH]c2cccc3c2n1CCCC3. The van der Waals surface area contributed by atoms with Gasteiger partial charge in [0.2, 0.25) is 0 Å². The van der Waals surface area contributed by atoms with Gasteiger partial charge in [-0.25, -0.2) is 4.79 Å². The molecule has 0 radical (unpaired) electrons. The first kappa shape index (κ1) is 7.85. The Bertz CT molecular complexity index is 536. The van der Waals surface area contributed by atoms with Crippen molar-refractivity contribution >= 4 is 11.0 Å². The Morgan fingerprint density at radius 2 is 2.21 bits per heavy atom. The van der Waals surface area contributed by atoms with Crippen molar-refractivity contribution in [3.63, 3.8) is 0 Å². The van der Waals surface area contributed by atoms with Crippen molar-refractivity contribution in [2.24, 2.45) is 0 Å². The standard InChI is InChI=1S/C11H12N2O/c14-11-12-9-6-3-5-8-4-1-2-7-13(11)10(8)9/h3,5-6H,1-2,4,7H2,(H,12,14). The zero-order valence-electron chi connectivity index (χ0n) is 7.92. The molecule has 0 bridgehead atoms. The minimum atomic E-state index is 0.0364. The van der Waals surface area contributed by atoms with Crippen LogP contribution in [0, 0.1) is 0 Å². The Kier molecular flexibility index (Phi) is 1.54. The summed E-state index contributed by atoms with van der Waals surface area (Å²) >= 11 is 0. The third-order valence-electron chi connectivity index (χ3n) is 2.95. The van der Waals surface area contributed by atoms with Gasteiger partial charge in [0.25, 0.3) is 0 Å². The Morgan fingerprint density at radius 1 is 1.29 bits per heavy atom. The van der Waals surface area contributed by atoms with Crippen LogP contribution in [-0.4, -0.2) is 9.55 Å². The number of aromatic amines is 1. The van der Waals surface area contributed by atoms with Crippen LogP contribution in [0.4, 0.5) is 0 Å². The largest absolute Gasteiger partial charge is 0.326 e. The molecule has 0 spiro atoms. The summed E-state index contributed by atoms with van der Waals surface area (Å²) in [5.41, 5.74) is 3.44. The van der Waals surface area contributed by atoms with Gasteiger partial charge in [0.1, 0.15) is 0 Å². The lowest BCUT2D eigenvalue weighted by Crippen LogP contribution is -2.16. The molecule has 0 aliphatic carbocycles. The van der Waals surface area contributed by atoms with Gasteiger partial charge >= 0.3 is 5.69 Å². The van der Waals surface area contributed by atoms with Crippen LogP contribution in [0.2, 0.25) is 0 Å². The van der Waals surface area contributed by atoms with Crippen LogP contribution >= 0.6 is 0 Å². The molecule has 2 aromatic rings. The van der Waals surface area contributed by atoms with E-state index in [1.54, 1.807) is 0 Å². The van der Waals surface area contributed by atoms with E-state index in [0.717, 1.165) is 30.4 Å². The lowest BCUT2D eigenvalue weighted by atomic mass is 10.1. The molecule has 14 heavy (non-hydrogen) atoms. The maximum atomic E-state index is 11.6. The molecule has 3 nitrogen and oxygen atoms in total. The monoisotopic (exact) mass is 188 g/mol. The maximum absolute atomic E-state index is 11.6. The van der Waals surface area contributed by atoms with Crippen molar-refractivity contribution in [3.8, 4) is 0 Å². The minimum absolute atomic E-state index is 0.0364. The molecule has 0 atom stereocenters. The number of H-pyrrole nitrogens is 1. The minimum Gasteiger partial charge on any atom is -0.306 e. The molecule has 0 fully saturated rings. The quantitative estimate of drug-likeness (QED) is 0.671. The van der Waals surface area contributed by atoms with Crippen molar-refractivity contribution in [2.45, 2.75) is 25.8 Å². The highest BCUT2D eigenvalue weighted by molar-refractivity contribution is 5.79. The van der Waals surface area contributed by atoms with Gasteiger partial charge in [-0.3, -0.25) is 4.57 Å². The zero-order valence-corrected chi connectivity index (χ0v) is 7.92. The fourth-order valence-electron chi connectivity index (χ4n) is 2.30. The van der Waals surface area contributed by atoms with Crippen molar-refractivity contribution in [2.75, 3.05) is 0 Å². The van der Waals surface area contributed by atoms with Gasteiger partial charge < -0.3 is 4.98 Å². The normalized spacial score (nSPS) is 15.7. The van der Waals surface area contributed by atoms with Crippen LogP contribution in [-0.2, 0) is 13.0 Å². The molecule has 3 heteroatoms. The molecule has 1 N–H and O–H groups in total. The first-order chi connectivity index (χ1) is 6.86. The number of para-hydroxylation sites is 1. The molecule has 1 aliphatic rings. The van der Waals surface area contributed by atoms with Gasteiger partial charge in [0.05, 0.1) is 11.0 Å². The molecular formula is C11H12N2O. The second kappa shape index (κ2) is 2.74. The van der Waals surface area contributed by atoms with Gasteiger partial charge in [0.15, 0.2) is 0 Å². The molecule has 3 rings (SSSR count). The number of aromatic nitrogens is 2. The molecule has 72 valence electrons. The second-order valence-electron chi connectivity index (χ2n) is 3.85. The van der Waals surface area contributed by atoms with Crippen LogP contribution < -0.4 is 5.69 Å². The highest BCUT2D eigenvalue weighted by Gasteiger charge is 2.13. The first-order valence-electron chi connectivity index (χ1n) is 5.07. The topological polar surface area (TPSA) is 37.8 Å². The molecule has 0 saturated heterocycles. The fraction of sp³-hybridized carbons (Fsp3) is 0.364. The number of nitrogens with zero attached hydrogens (tertiary/aromatic N) is 1.